The molecule has 0 aliphatic rings. The van der Waals surface area contributed by atoms with Crippen molar-refractivity contribution in [3.8, 4) is 0 Å². The Kier molecular flexibility index (Phi) is 5.44. The summed E-state index contributed by atoms with van der Waals surface area (Å²) in [6.45, 7) is 4.96. The Morgan fingerprint density at radius 1 is 1.33 bits per heavy atom. The molecule has 2 N–H and O–H groups in total. The van der Waals surface area contributed by atoms with Gasteiger partial charge in [-0.3, -0.25) is 0 Å². The molecule has 0 aromatic heterocycles. The molecular formula is C7H18N2O2S. The fourth-order valence-electron chi connectivity index (χ4n) is 0.792. The highest BCUT2D eigenvalue weighted by atomic mass is 32.2. The second-order valence-corrected chi connectivity index (χ2v) is 5.01. The van der Waals surface area contributed by atoms with Crippen LogP contribution < -0.4 is 10.0 Å². The van der Waals surface area contributed by atoms with E-state index >= 15 is 0 Å². The van der Waals surface area contributed by atoms with Crippen molar-refractivity contribution in [2.24, 2.45) is 5.92 Å². The number of rotatable bonds is 6. The molecule has 0 amide bonds. The van der Waals surface area contributed by atoms with Gasteiger partial charge in [0.2, 0.25) is 10.0 Å². The van der Waals surface area contributed by atoms with Crippen LogP contribution in [0.25, 0.3) is 0 Å². The molecule has 0 radical (unpaired) electrons. The van der Waals surface area contributed by atoms with Gasteiger partial charge < -0.3 is 5.32 Å². The molecule has 0 aliphatic carbocycles. The van der Waals surface area contributed by atoms with E-state index in [2.05, 4.69) is 10.0 Å². The van der Waals surface area contributed by atoms with E-state index in [4.69, 9.17) is 0 Å². The molecule has 74 valence electrons. The van der Waals surface area contributed by atoms with E-state index in [-0.39, 0.29) is 5.75 Å². The van der Waals surface area contributed by atoms with Crippen LogP contribution in [-0.2, 0) is 10.0 Å². The Balaban J connectivity index is 3.68. The van der Waals surface area contributed by atoms with Crippen LogP contribution in [0.1, 0.15) is 13.8 Å². The van der Waals surface area contributed by atoms with Crippen LogP contribution in [0.4, 0.5) is 0 Å². The Morgan fingerprint density at radius 2 is 1.92 bits per heavy atom. The van der Waals surface area contributed by atoms with Crippen LogP contribution in [0.3, 0.4) is 0 Å². The average Bonchev–Trinajstić information content (AvgIpc) is 2.02. The fourth-order valence-corrected chi connectivity index (χ4v) is 1.53. The minimum atomic E-state index is -3.01. The molecule has 12 heavy (non-hydrogen) atoms. The lowest BCUT2D eigenvalue weighted by Gasteiger charge is -2.11. The predicted octanol–water partition coefficient (Wildman–Crippen LogP) is -0.219. The topological polar surface area (TPSA) is 58.2 Å². The fraction of sp³-hybridized carbons (Fsp3) is 1.00. The standard InChI is InChI=1S/C7H18N2O2S/c1-4-12(10,11)9-6-7(2)5-8-3/h7-9H,4-6H2,1-3H3. The van der Waals surface area contributed by atoms with Crippen LogP contribution in [0.5, 0.6) is 0 Å². The van der Waals surface area contributed by atoms with E-state index in [1.807, 2.05) is 14.0 Å². The highest BCUT2D eigenvalue weighted by molar-refractivity contribution is 7.89. The van der Waals surface area contributed by atoms with Gasteiger partial charge in [0.25, 0.3) is 0 Å². The van der Waals surface area contributed by atoms with Gasteiger partial charge in [0.1, 0.15) is 0 Å². The van der Waals surface area contributed by atoms with Crippen molar-refractivity contribution in [2.75, 3.05) is 25.9 Å². The van der Waals surface area contributed by atoms with E-state index in [1.165, 1.54) is 0 Å². The van der Waals surface area contributed by atoms with Gasteiger partial charge in [-0.15, -0.1) is 0 Å². The van der Waals surface area contributed by atoms with Gasteiger partial charge in [0, 0.05) is 6.54 Å². The number of hydrogen-bond acceptors (Lipinski definition) is 3. The second-order valence-electron chi connectivity index (χ2n) is 2.91. The van der Waals surface area contributed by atoms with Crippen LogP contribution in [0.2, 0.25) is 0 Å². The summed E-state index contributed by atoms with van der Waals surface area (Å²) >= 11 is 0. The van der Waals surface area contributed by atoms with Crippen molar-refractivity contribution in [3.05, 3.63) is 0 Å². The third-order valence-electron chi connectivity index (χ3n) is 1.58. The number of nitrogens with one attached hydrogen (secondary N) is 2. The lowest BCUT2D eigenvalue weighted by Crippen LogP contribution is -2.33. The zero-order valence-corrected chi connectivity index (χ0v) is 8.74. The van der Waals surface area contributed by atoms with Gasteiger partial charge in [-0.1, -0.05) is 6.92 Å². The average molecular weight is 194 g/mol. The SMILES string of the molecule is CCS(=O)(=O)NCC(C)CNC. The van der Waals surface area contributed by atoms with Crippen molar-refractivity contribution in [1.29, 1.82) is 0 Å². The molecule has 0 fully saturated rings. The first-order valence-electron chi connectivity index (χ1n) is 4.13. The molecule has 0 rings (SSSR count). The largest absolute Gasteiger partial charge is 0.319 e. The van der Waals surface area contributed by atoms with Gasteiger partial charge in [0.15, 0.2) is 0 Å². The summed E-state index contributed by atoms with van der Waals surface area (Å²) < 4.78 is 24.5. The number of sulfonamides is 1. The Labute approximate surface area is 74.8 Å². The lowest BCUT2D eigenvalue weighted by molar-refractivity contribution is 0.519. The molecule has 0 saturated carbocycles. The quantitative estimate of drug-likeness (QED) is 0.614. The molecule has 0 aromatic carbocycles. The molecule has 0 spiro atoms. The Morgan fingerprint density at radius 3 is 2.33 bits per heavy atom. The van der Waals surface area contributed by atoms with Crippen molar-refractivity contribution in [1.82, 2.24) is 10.0 Å². The monoisotopic (exact) mass is 194 g/mol. The third-order valence-corrected chi connectivity index (χ3v) is 2.95. The van der Waals surface area contributed by atoms with E-state index < -0.39 is 10.0 Å². The van der Waals surface area contributed by atoms with Crippen molar-refractivity contribution in [3.63, 3.8) is 0 Å². The predicted molar refractivity (Wildman–Crippen MR) is 50.6 cm³/mol. The van der Waals surface area contributed by atoms with Gasteiger partial charge in [-0.2, -0.15) is 0 Å². The first-order chi connectivity index (χ1) is 5.52. The highest BCUT2D eigenvalue weighted by Gasteiger charge is 2.07. The zero-order chi connectivity index (χ0) is 9.61. The van der Waals surface area contributed by atoms with Crippen molar-refractivity contribution < 1.29 is 8.42 Å². The third kappa shape index (κ3) is 5.51. The Hall–Kier alpha value is -0.130. The minimum absolute atomic E-state index is 0.152. The van der Waals surface area contributed by atoms with Crippen LogP contribution in [0.15, 0.2) is 0 Å². The molecule has 0 saturated heterocycles. The van der Waals surface area contributed by atoms with Crippen molar-refractivity contribution in [2.45, 2.75) is 13.8 Å². The molecule has 5 heteroatoms. The molecule has 0 heterocycles. The lowest BCUT2D eigenvalue weighted by atomic mass is 10.2. The maximum absolute atomic E-state index is 11.0. The Bertz CT molecular complexity index is 201. The summed E-state index contributed by atoms with van der Waals surface area (Å²) in [6, 6.07) is 0. The van der Waals surface area contributed by atoms with Crippen LogP contribution in [0, 0.1) is 5.92 Å². The maximum Gasteiger partial charge on any atom is 0.211 e. The summed E-state index contributed by atoms with van der Waals surface area (Å²) in [5, 5.41) is 2.99. The normalized spacial score (nSPS) is 14.6. The van der Waals surface area contributed by atoms with Gasteiger partial charge in [-0.05, 0) is 26.4 Å². The highest BCUT2D eigenvalue weighted by Crippen LogP contribution is 1.91. The van der Waals surface area contributed by atoms with Gasteiger partial charge in [-0.25, -0.2) is 13.1 Å². The van der Waals surface area contributed by atoms with Gasteiger partial charge in [0.05, 0.1) is 5.75 Å². The van der Waals surface area contributed by atoms with Crippen LogP contribution in [-0.4, -0.2) is 34.3 Å². The molecule has 1 atom stereocenters. The molecular weight excluding hydrogens is 176 g/mol. The zero-order valence-electron chi connectivity index (χ0n) is 7.92. The molecule has 1 unspecified atom stereocenters. The van der Waals surface area contributed by atoms with E-state index in [0.29, 0.717) is 12.5 Å². The van der Waals surface area contributed by atoms with Crippen LogP contribution >= 0.6 is 0 Å². The van der Waals surface area contributed by atoms with E-state index in [0.717, 1.165) is 6.54 Å². The minimum Gasteiger partial charge on any atom is -0.319 e. The first-order valence-corrected chi connectivity index (χ1v) is 5.79. The molecule has 0 aromatic rings. The molecule has 0 bridgehead atoms. The summed E-state index contributed by atoms with van der Waals surface area (Å²) in [5.74, 6) is 0.482. The number of hydrogen-bond donors (Lipinski definition) is 2. The van der Waals surface area contributed by atoms with E-state index in [1.54, 1.807) is 6.92 Å². The molecule has 4 nitrogen and oxygen atoms in total. The van der Waals surface area contributed by atoms with Crippen molar-refractivity contribution >= 4 is 10.0 Å². The summed E-state index contributed by atoms with van der Waals surface area (Å²) in [6.07, 6.45) is 0. The maximum atomic E-state index is 11.0. The second kappa shape index (κ2) is 5.50. The molecule has 0 aliphatic heterocycles. The smallest absolute Gasteiger partial charge is 0.211 e. The van der Waals surface area contributed by atoms with Gasteiger partial charge >= 0.3 is 0 Å². The summed E-state index contributed by atoms with van der Waals surface area (Å²) in [4.78, 5) is 0. The van der Waals surface area contributed by atoms with E-state index in [9.17, 15) is 8.42 Å². The summed E-state index contributed by atoms with van der Waals surface area (Å²) in [5.41, 5.74) is 0. The summed E-state index contributed by atoms with van der Waals surface area (Å²) in [7, 11) is -1.16. The first kappa shape index (κ1) is 11.9.